The zero-order chi connectivity index (χ0) is 12.3. The Morgan fingerprint density at radius 3 is 2.81 bits per heavy atom. The summed E-state index contributed by atoms with van der Waals surface area (Å²) >= 11 is 0. The second-order valence-electron chi connectivity index (χ2n) is 4.88. The van der Waals surface area contributed by atoms with E-state index in [1.807, 2.05) is 6.08 Å². The number of carbonyl (C=O) groups is 2. The van der Waals surface area contributed by atoms with E-state index >= 15 is 0 Å². The van der Waals surface area contributed by atoms with E-state index in [0.29, 0.717) is 6.42 Å². The first-order valence-electron chi connectivity index (χ1n) is 5.35. The van der Waals surface area contributed by atoms with Crippen molar-refractivity contribution in [3.05, 3.63) is 12.2 Å². The van der Waals surface area contributed by atoms with Crippen LogP contribution in [-0.2, 0) is 9.59 Å². The Hall–Kier alpha value is -1.20. The van der Waals surface area contributed by atoms with Crippen molar-refractivity contribution in [2.45, 2.75) is 39.3 Å². The normalized spacial score (nSPS) is 25.2. The lowest BCUT2D eigenvalue weighted by molar-refractivity contribution is -0.123. The van der Waals surface area contributed by atoms with Crippen LogP contribution in [0.3, 0.4) is 0 Å². The van der Waals surface area contributed by atoms with Crippen molar-refractivity contribution in [1.29, 1.82) is 0 Å². The summed E-state index contributed by atoms with van der Waals surface area (Å²) in [6, 6.07) is -0.784. The largest absolute Gasteiger partial charge is 0.296 e. The number of nitrogens with two attached hydrogens (primary N) is 1. The van der Waals surface area contributed by atoms with Crippen LogP contribution in [0.25, 0.3) is 0 Å². The van der Waals surface area contributed by atoms with E-state index in [4.69, 9.17) is 5.84 Å². The number of hydrazine groups is 1. The number of hydrogen-bond acceptors (Lipinski definition) is 4. The molecule has 0 aromatic rings. The van der Waals surface area contributed by atoms with Crippen molar-refractivity contribution < 1.29 is 9.59 Å². The fraction of sp³-hybridized carbons (Fsp3) is 0.636. The Morgan fingerprint density at radius 2 is 2.25 bits per heavy atom. The quantitative estimate of drug-likeness (QED) is 0.355. The van der Waals surface area contributed by atoms with Crippen LogP contribution in [0.4, 0.5) is 0 Å². The highest BCUT2D eigenvalue weighted by Crippen LogP contribution is 2.28. The van der Waals surface area contributed by atoms with E-state index in [0.717, 1.165) is 0 Å². The smallest absolute Gasteiger partial charge is 0.250 e. The molecule has 0 bridgehead atoms. The Labute approximate surface area is 95.4 Å². The van der Waals surface area contributed by atoms with E-state index in [1.54, 1.807) is 13.0 Å². The summed E-state index contributed by atoms with van der Waals surface area (Å²) in [5.41, 5.74) is 2.04. The summed E-state index contributed by atoms with van der Waals surface area (Å²) in [4.78, 5) is 22.8. The molecule has 16 heavy (non-hydrogen) atoms. The SMILES string of the molecule is CC(NC1CC(C)(C)C=CC1=O)C(=O)NN. The maximum atomic E-state index is 11.6. The third kappa shape index (κ3) is 3.15. The molecule has 0 heterocycles. The van der Waals surface area contributed by atoms with Crippen LogP contribution in [0.1, 0.15) is 27.2 Å². The van der Waals surface area contributed by atoms with Gasteiger partial charge in [0.1, 0.15) is 0 Å². The molecule has 0 aliphatic heterocycles. The molecular weight excluding hydrogens is 206 g/mol. The van der Waals surface area contributed by atoms with Crippen LogP contribution < -0.4 is 16.6 Å². The van der Waals surface area contributed by atoms with Crippen molar-refractivity contribution >= 4 is 11.7 Å². The predicted molar refractivity (Wildman–Crippen MR) is 61.3 cm³/mol. The van der Waals surface area contributed by atoms with E-state index in [9.17, 15) is 9.59 Å². The standard InChI is InChI=1S/C11H19N3O2/c1-7(10(16)14-12)13-8-6-11(2,3)5-4-9(8)15/h4-5,7-8,13H,6,12H2,1-3H3,(H,14,16). The predicted octanol–water partition coefficient (Wildman–Crippen LogP) is -0.122. The number of hydrogen-bond donors (Lipinski definition) is 3. The number of carbonyl (C=O) groups excluding carboxylic acids is 2. The number of rotatable bonds is 3. The number of amides is 1. The highest BCUT2D eigenvalue weighted by atomic mass is 16.2. The lowest BCUT2D eigenvalue weighted by Crippen LogP contribution is -2.52. The first-order chi connectivity index (χ1) is 7.35. The van der Waals surface area contributed by atoms with Gasteiger partial charge in [0.15, 0.2) is 5.78 Å². The third-order valence-corrected chi connectivity index (χ3v) is 2.76. The Bertz CT molecular complexity index is 323. The minimum atomic E-state index is -0.471. The lowest BCUT2D eigenvalue weighted by atomic mass is 9.79. The third-order valence-electron chi connectivity index (χ3n) is 2.76. The van der Waals surface area contributed by atoms with Gasteiger partial charge >= 0.3 is 0 Å². The van der Waals surface area contributed by atoms with Gasteiger partial charge in [0.2, 0.25) is 0 Å². The van der Waals surface area contributed by atoms with E-state index < -0.39 is 6.04 Å². The van der Waals surface area contributed by atoms with Crippen LogP contribution in [0.5, 0.6) is 0 Å². The molecule has 1 rings (SSSR count). The van der Waals surface area contributed by atoms with Crippen LogP contribution >= 0.6 is 0 Å². The van der Waals surface area contributed by atoms with Gasteiger partial charge in [-0.3, -0.25) is 20.3 Å². The Morgan fingerprint density at radius 1 is 1.62 bits per heavy atom. The summed E-state index contributed by atoms with van der Waals surface area (Å²) < 4.78 is 0. The highest BCUT2D eigenvalue weighted by Gasteiger charge is 2.31. The minimum absolute atomic E-state index is 0.0102. The molecule has 0 saturated carbocycles. The monoisotopic (exact) mass is 225 g/mol. The van der Waals surface area contributed by atoms with E-state index in [1.165, 1.54) is 0 Å². The molecule has 1 aliphatic rings. The average molecular weight is 225 g/mol. The molecule has 0 fully saturated rings. The molecule has 0 radical (unpaired) electrons. The molecule has 0 aromatic carbocycles. The van der Waals surface area contributed by atoms with Gasteiger partial charge in [-0.1, -0.05) is 19.9 Å². The average Bonchev–Trinajstić information content (AvgIpc) is 2.22. The van der Waals surface area contributed by atoms with Gasteiger partial charge in [0, 0.05) is 0 Å². The fourth-order valence-corrected chi connectivity index (χ4v) is 1.76. The maximum absolute atomic E-state index is 11.6. The van der Waals surface area contributed by atoms with Crippen LogP contribution in [0, 0.1) is 5.41 Å². The zero-order valence-corrected chi connectivity index (χ0v) is 9.91. The molecule has 0 spiro atoms. The topological polar surface area (TPSA) is 84.2 Å². The molecule has 1 aliphatic carbocycles. The van der Waals surface area contributed by atoms with Crippen molar-refractivity contribution in [3.63, 3.8) is 0 Å². The number of allylic oxidation sites excluding steroid dienone is 1. The second-order valence-corrected chi connectivity index (χ2v) is 4.88. The minimum Gasteiger partial charge on any atom is -0.296 e. The summed E-state index contributed by atoms with van der Waals surface area (Å²) in [7, 11) is 0. The van der Waals surface area contributed by atoms with Crippen LogP contribution in [-0.4, -0.2) is 23.8 Å². The number of nitrogens with one attached hydrogen (secondary N) is 2. The number of ketones is 1. The van der Waals surface area contributed by atoms with Crippen LogP contribution in [0.2, 0.25) is 0 Å². The molecule has 2 unspecified atom stereocenters. The first kappa shape index (κ1) is 12.9. The Balaban J connectivity index is 2.65. The van der Waals surface area contributed by atoms with Crippen molar-refractivity contribution in [3.8, 4) is 0 Å². The summed E-state index contributed by atoms with van der Waals surface area (Å²) in [5.74, 6) is 4.72. The van der Waals surface area contributed by atoms with Crippen molar-refractivity contribution in [2.24, 2.45) is 11.3 Å². The highest BCUT2D eigenvalue weighted by molar-refractivity contribution is 5.96. The summed E-state index contributed by atoms with van der Waals surface area (Å²) in [6.45, 7) is 5.79. The maximum Gasteiger partial charge on any atom is 0.250 e. The van der Waals surface area contributed by atoms with Gasteiger partial charge < -0.3 is 0 Å². The first-order valence-corrected chi connectivity index (χ1v) is 5.35. The van der Waals surface area contributed by atoms with E-state index in [-0.39, 0.29) is 23.1 Å². The second kappa shape index (κ2) is 4.76. The summed E-state index contributed by atoms with van der Waals surface area (Å²) in [6.07, 6.45) is 4.17. The molecule has 2 atom stereocenters. The molecule has 0 aromatic heterocycles. The summed E-state index contributed by atoms with van der Waals surface area (Å²) in [5, 5.41) is 2.98. The van der Waals surface area contributed by atoms with Gasteiger partial charge in [0.25, 0.3) is 5.91 Å². The van der Waals surface area contributed by atoms with Crippen molar-refractivity contribution in [1.82, 2.24) is 10.7 Å². The van der Waals surface area contributed by atoms with Crippen molar-refractivity contribution in [2.75, 3.05) is 0 Å². The van der Waals surface area contributed by atoms with Gasteiger partial charge in [-0.05, 0) is 24.8 Å². The molecule has 90 valence electrons. The molecule has 5 nitrogen and oxygen atoms in total. The molecule has 1 amide bonds. The molecule has 5 heteroatoms. The lowest BCUT2D eigenvalue weighted by Gasteiger charge is -2.31. The van der Waals surface area contributed by atoms with Gasteiger partial charge in [-0.2, -0.15) is 0 Å². The van der Waals surface area contributed by atoms with Crippen LogP contribution in [0.15, 0.2) is 12.2 Å². The van der Waals surface area contributed by atoms with E-state index in [2.05, 4.69) is 24.6 Å². The van der Waals surface area contributed by atoms with Gasteiger partial charge in [0.05, 0.1) is 12.1 Å². The van der Waals surface area contributed by atoms with Gasteiger partial charge in [-0.25, -0.2) is 5.84 Å². The fourth-order valence-electron chi connectivity index (χ4n) is 1.76. The van der Waals surface area contributed by atoms with Gasteiger partial charge in [-0.15, -0.1) is 0 Å². The Kier molecular flexibility index (Phi) is 3.83. The molecule has 0 saturated heterocycles. The molecule has 4 N–H and O–H groups in total. The molecular formula is C11H19N3O2. The zero-order valence-electron chi connectivity index (χ0n) is 9.91.